The minimum Gasteiger partial charge on any atom is -0.335 e. The lowest BCUT2D eigenvalue weighted by atomic mass is 9.33. The van der Waals surface area contributed by atoms with E-state index in [2.05, 4.69) is 237 Å². The summed E-state index contributed by atoms with van der Waals surface area (Å²) in [5.41, 5.74) is 23.4. The number of rotatable bonds is 5. The average molecular weight is 864 g/mol. The maximum absolute atomic E-state index is 2.90. The highest BCUT2D eigenvalue weighted by atomic mass is 15.3. The second-order valence-corrected chi connectivity index (χ2v) is 21.5. The number of nitrogens with zero attached hydrogens (tertiary/aromatic N) is 3. The fraction of sp³-hybridized carbons (Fsp3) is 0.206. The molecule has 3 nitrogen and oxygen atoms in total. The molecule has 2 unspecified atom stereocenters. The third-order valence-corrected chi connectivity index (χ3v) is 17.3. The molecule has 4 heterocycles. The van der Waals surface area contributed by atoms with Gasteiger partial charge in [-0.2, -0.15) is 0 Å². The lowest BCUT2D eigenvalue weighted by Gasteiger charge is -2.52. The summed E-state index contributed by atoms with van der Waals surface area (Å²) < 4.78 is 2.75. The molecule has 0 radical (unpaired) electrons. The Hall–Kier alpha value is -7.04. The molecule has 14 rings (SSSR count). The molecule has 324 valence electrons. The van der Waals surface area contributed by atoms with Crippen molar-refractivity contribution in [1.82, 2.24) is 4.57 Å². The lowest BCUT2D eigenvalue weighted by Crippen LogP contribution is -2.64. The number of anilines is 5. The second-order valence-electron chi connectivity index (χ2n) is 21.5. The Bertz CT molecular complexity index is 3420. The maximum Gasteiger partial charge on any atom is 0.252 e. The average Bonchev–Trinajstić information content (AvgIpc) is 3.94. The molecule has 8 aromatic carbocycles. The van der Waals surface area contributed by atoms with E-state index in [9.17, 15) is 0 Å². The van der Waals surface area contributed by atoms with Crippen molar-refractivity contribution in [2.75, 3.05) is 9.80 Å². The van der Waals surface area contributed by atoms with Crippen LogP contribution in [0, 0.1) is 0 Å². The van der Waals surface area contributed by atoms with Gasteiger partial charge in [-0.3, -0.25) is 0 Å². The summed E-state index contributed by atoms with van der Waals surface area (Å²) in [4.78, 5) is 5.40. The third-order valence-electron chi connectivity index (χ3n) is 17.3. The van der Waals surface area contributed by atoms with Crippen LogP contribution in [0.1, 0.15) is 93.7 Å². The van der Waals surface area contributed by atoms with Gasteiger partial charge in [-0.1, -0.05) is 192 Å². The molecule has 4 heteroatoms. The van der Waals surface area contributed by atoms with Crippen molar-refractivity contribution in [3.05, 3.63) is 221 Å². The van der Waals surface area contributed by atoms with Gasteiger partial charge in [0.25, 0.3) is 6.71 Å². The third kappa shape index (κ3) is 4.88. The lowest BCUT2D eigenvalue weighted by molar-refractivity contribution is 0.195. The van der Waals surface area contributed by atoms with Crippen LogP contribution < -0.4 is 26.2 Å². The van der Waals surface area contributed by atoms with Gasteiger partial charge in [-0.05, 0) is 106 Å². The first-order valence-corrected chi connectivity index (χ1v) is 24.6. The summed E-state index contributed by atoms with van der Waals surface area (Å²) in [6.07, 6.45) is 4.83. The molecule has 5 aliphatic rings. The summed E-state index contributed by atoms with van der Waals surface area (Å²) in [6, 6.07) is 71.8. The first-order chi connectivity index (χ1) is 32.6. The quantitative estimate of drug-likeness (QED) is 0.160. The summed E-state index contributed by atoms with van der Waals surface area (Å²) in [6.45, 7) is 12.5. The monoisotopic (exact) mass is 863 g/mol. The normalized spacial score (nSPS) is 20.0. The van der Waals surface area contributed by atoms with E-state index in [0.29, 0.717) is 0 Å². The zero-order chi connectivity index (χ0) is 45.0. The van der Waals surface area contributed by atoms with E-state index >= 15 is 0 Å². The van der Waals surface area contributed by atoms with Crippen LogP contribution in [0.5, 0.6) is 0 Å². The van der Waals surface area contributed by atoms with Crippen LogP contribution in [0.3, 0.4) is 0 Å². The van der Waals surface area contributed by atoms with Crippen LogP contribution >= 0.6 is 0 Å². The van der Waals surface area contributed by atoms with Gasteiger partial charge in [0.15, 0.2) is 0 Å². The SMILES string of the molecule is CC(C)(C)c1cc2c3c(c1)C1(C)CCCCC1(C)N3c1cc(N(c3ccccc3)c3ccccc3)cc3c1B2c1cccc2c4c(n-3c12)-c1ccccc1C4(c1ccccc1)c1ccccc1. The fourth-order valence-corrected chi connectivity index (χ4v) is 14.1. The van der Waals surface area contributed by atoms with Crippen molar-refractivity contribution >= 4 is 62.4 Å². The van der Waals surface area contributed by atoms with Crippen LogP contribution in [0.2, 0.25) is 0 Å². The standard InChI is InChI=1S/C63H54BN3/c1-60(2,3)43-37-50-59-52(38-43)64-51-34-22-32-48-55-58(47-31-18-19-33-49(47)63(55,41-23-10-6-11-24-41)42-25-12-7-13-26-42)66(57(48)51)53-39-46(65(44-27-14-8-15-28-44)45-29-16-9-17-30-45)40-54(56(53)64)67(59)62(5)36-21-20-35-61(50,62)4/h6-19,22-34,37-40H,20-21,35-36H2,1-5H3. The molecule has 0 spiro atoms. The molecule has 0 amide bonds. The molecule has 3 aliphatic heterocycles. The van der Waals surface area contributed by atoms with Crippen LogP contribution in [0.4, 0.5) is 28.4 Å². The molecule has 1 aromatic heterocycles. The molecule has 9 aromatic rings. The predicted molar refractivity (Wildman–Crippen MR) is 281 cm³/mol. The van der Waals surface area contributed by atoms with E-state index in [1.807, 2.05) is 0 Å². The summed E-state index contributed by atoms with van der Waals surface area (Å²) in [5, 5.41) is 1.33. The zero-order valence-corrected chi connectivity index (χ0v) is 39.1. The maximum atomic E-state index is 2.90. The fourth-order valence-electron chi connectivity index (χ4n) is 14.1. The van der Waals surface area contributed by atoms with Crippen LogP contribution in [0.15, 0.2) is 188 Å². The van der Waals surface area contributed by atoms with Gasteiger partial charge in [0, 0.05) is 55.9 Å². The molecule has 2 atom stereocenters. The van der Waals surface area contributed by atoms with Crippen molar-refractivity contribution in [1.29, 1.82) is 0 Å². The second kappa shape index (κ2) is 13.5. The Morgan fingerprint density at radius 2 is 1.15 bits per heavy atom. The van der Waals surface area contributed by atoms with Gasteiger partial charge in [0.05, 0.1) is 22.3 Å². The molecule has 2 aliphatic carbocycles. The van der Waals surface area contributed by atoms with Gasteiger partial charge in [0.1, 0.15) is 0 Å². The van der Waals surface area contributed by atoms with E-state index in [4.69, 9.17) is 0 Å². The molecule has 0 saturated heterocycles. The molecular formula is C63H54BN3. The van der Waals surface area contributed by atoms with E-state index in [1.54, 1.807) is 5.56 Å². The van der Waals surface area contributed by atoms with Crippen LogP contribution in [-0.2, 0) is 16.2 Å². The molecule has 1 fully saturated rings. The van der Waals surface area contributed by atoms with Crippen molar-refractivity contribution < 1.29 is 0 Å². The smallest absolute Gasteiger partial charge is 0.252 e. The largest absolute Gasteiger partial charge is 0.335 e. The number of para-hydroxylation sites is 3. The highest BCUT2D eigenvalue weighted by Gasteiger charge is 2.62. The Labute approximate surface area is 395 Å². The minimum atomic E-state index is -0.545. The van der Waals surface area contributed by atoms with E-state index in [0.717, 1.165) is 17.8 Å². The number of hydrogen-bond donors (Lipinski definition) is 0. The Kier molecular flexibility index (Phi) is 7.91. The molecule has 0 bridgehead atoms. The molecular weight excluding hydrogens is 810 g/mol. The molecule has 1 saturated carbocycles. The zero-order valence-electron chi connectivity index (χ0n) is 39.1. The summed E-state index contributed by atoms with van der Waals surface area (Å²) in [7, 11) is 0. The van der Waals surface area contributed by atoms with Crippen molar-refractivity contribution in [2.24, 2.45) is 0 Å². The number of hydrogen-bond acceptors (Lipinski definition) is 2. The van der Waals surface area contributed by atoms with Gasteiger partial charge in [-0.25, -0.2) is 0 Å². The van der Waals surface area contributed by atoms with Crippen LogP contribution in [0.25, 0.3) is 27.8 Å². The molecule has 67 heavy (non-hydrogen) atoms. The Morgan fingerprint density at radius 3 is 1.81 bits per heavy atom. The van der Waals surface area contributed by atoms with E-state index in [1.165, 1.54) is 108 Å². The number of aromatic nitrogens is 1. The number of benzene rings is 8. The van der Waals surface area contributed by atoms with Crippen molar-refractivity contribution in [3.63, 3.8) is 0 Å². The van der Waals surface area contributed by atoms with Crippen molar-refractivity contribution in [2.45, 2.75) is 82.1 Å². The summed E-state index contributed by atoms with van der Waals surface area (Å²) in [5.74, 6) is 0. The molecule has 0 N–H and O–H groups in total. The Balaban J connectivity index is 1.19. The minimum absolute atomic E-state index is 0.0159. The topological polar surface area (TPSA) is 11.4 Å². The number of fused-ring (bicyclic) bond motifs is 12. The van der Waals surface area contributed by atoms with Gasteiger partial charge in [-0.15, -0.1) is 0 Å². The Morgan fingerprint density at radius 1 is 0.552 bits per heavy atom. The highest BCUT2D eigenvalue weighted by molar-refractivity contribution is 7.00. The van der Waals surface area contributed by atoms with Gasteiger partial charge >= 0.3 is 0 Å². The first-order valence-electron chi connectivity index (χ1n) is 24.6. The summed E-state index contributed by atoms with van der Waals surface area (Å²) >= 11 is 0. The highest BCUT2D eigenvalue weighted by Crippen LogP contribution is 2.64. The predicted octanol–water partition coefficient (Wildman–Crippen LogP) is 13.6. The van der Waals surface area contributed by atoms with E-state index in [-0.39, 0.29) is 23.1 Å². The van der Waals surface area contributed by atoms with Crippen molar-refractivity contribution in [3.8, 4) is 16.9 Å². The van der Waals surface area contributed by atoms with Gasteiger partial charge in [0.2, 0.25) is 0 Å². The first kappa shape index (κ1) is 39.2. The van der Waals surface area contributed by atoms with Gasteiger partial charge < -0.3 is 14.4 Å². The van der Waals surface area contributed by atoms with E-state index < -0.39 is 5.41 Å². The van der Waals surface area contributed by atoms with Crippen LogP contribution in [-0.4, -0.2) is 16.8 Å².